The van der Waals surface area contributed by atoms with Gasteiger partial charge in [-0.1, -0.05) is 0 Å². The summed E-state index contributed by atoms with van der Waals surface area (Å²) in [6.07, 6.45) is 2.03. The second-order valence-corrected chi connectivity index (χ2v) is 8.99. The van der Waals surface area contributed by atoms with Crippen LogP contribution in [0.3, 0.4) is 0 Å². The molecule has 0 aromatic carbocycles. The lowest BCUT2D eigenvalue weighted by Gasteiger charge is -2.34. The van der Waals surface area contributed by atoms with E-state index in [0.29, 0.717) is 36.6 Å². The van der Waals surface area contributed by atoms with Gasteiger partial charge in [-0.05, 0) is 38.3 Å². The van der Waals surface area contributed by atoms with Crippen LogP contribution in [0.15, 0.2) is 16.3 Å². The number of carbonyl (C=O) groups is 1. The summed E-state index contributed by atoms with van der Waals surface area (Å²) in [5, 5.41) is 2.71. The van der Waals surface area contributed by atoms with Gasteiger partial charge in [0.25, 0.3) is 10.0 Å². The van der Waals surface area contributed by atoms with E-state index < -0.39 is 10.0 Å². The molecule has 6 nitrogen and oxygen atoms in total. The Labute approximate surface area is 135 Å². The second-order valence-electron chi connectivity index (χ2n) is 5.70. The number of nitrogens with two attached hydrogens (primary N) is 1. The highest BCUT2D eigenvalue weighted by Crippen LogP contribution is 2.29. The number of carbonyl (C=O) groups excluding carboxylic acids is 1. The van der Waals surface area contributed by atoms with Gasteiger partial charge in [-0.15, -0.1) is 11.3 Å². The maximum Gasteiger partial charge on any atom is 0.252 e. The minimum atomic E-state index is -3.45. The Morgan fingerprint density at radius 3 is 2.86 bits per heavy atom. The molecule has 3 N–H and O–H groups in total. The number of sulfonamides is 1. The van der Waals surface area contributed by atoms with E-state index in [0.717, 1.165) is 4.88 Å². The van der Waals surface area contributed by atoms with Crippen LogP contribution in [0.5, 0.6) is 0 Å². The Hall–Kier alpha value is -0.960. The molecule has 1 aliphatic heterocycles. The molecule has 2 unspecified atom stereocenters. The highest BCUT2D eigenvalue weighted by atomic mass is 32.2. The van der Waals surface area contributed by atoms with E-state index in [1.807, 2.05) is 13.0 Å². The van der Waals surface area contributed by atoms with Gasteiger partial charge in [-0.2, -0.15) is 4.31 Å². The molecule has 2 heterocycles. The van der Waals surface area contributed by atoms with Crippen LogP contribution < -0.4 is 11.1 Å². The third-order valence-electron chi connectivity index (χ3n) is 3.80. The number of nitrogens with zero attached hydrogens (tertiary/aromatic N) is 1. The van der Waals surface area contributed by atoms with Gasteiger partial charge >= 0.3 is 0 Å². The molecule has 0 radical (unpaired) electrons. The van der Waals surface area contributed by atoms with E-state index in [1.165, 1.54) is 18.3 Å². The summed E-state index contributed by atoms with van der Waals surface area (Å²) in [6.45, 7) is 4.36. The van der Waals surface area contributed by atoms with Crippen molar-refractivity contribution in [1.82, 2.24) is 9.62 Å². The normalized spacial score (nSPS) is 23.4. The maximum absolute atomic E-state index is 12.7. The zero-order valence-electron chi connectivity index (χ0n) is 12.9. The van der Waals surface area contributed by atoms with Crippen LogP contribution >= 0.6 is 11.3 Å². The first-order chi connectivity index (χ1) is 10.3. The first-order valence-electron chi connectivity index (χ1n) is 7.41. The third-order valence-corrected chi connectivity index (χ3v) is 7.43. The van der Waals surface area contributed by atoms with Gasteiger partial charge in [0.05, 0.1) is 0 Å². The molecule has 0 spiro atoms. The zero-order valence-corrected chi connectivity index (χ0v) is 14.5. The minimum absolute atomic E-state index is 0.0707. The molecule has 1 saturated heterocycles. The SMILES string of the molecule is CC(=O)NCCc1ccc(S(=O)(=O)N2CCC(N)CC2C)s1. The van der Waals surface area contributed by atoms with Crippen LogP contribution in [0.4, 0.5) is 0 Å². The molecule has 124 valence electrons. The molecule has 2 atom stereocenters. The maximum atomic E-state index is 12.7. The van der Waals surface area contributed by atoms with Gasteiger partial charge in [0, 0.05) is 37.0 Å². The molecule has 1 amide bonds. The van der Waals surface area contributed by atoms with Gasteiger partial charge in [0.1, 0.15) is 4.21 Å². The van der Waals surface area contributed by atoms with E-state index in [-0.39, 0.29) is 18.0 Å². The monoisotopic (exact) mass is 345 g/mol. The number of nitrogens with one attached hydrogen (secondary N) is 1. The van der Waals surface area contributed by atoms with Gasteiger partial charge in [-0.3, -0.25) is 4.79 Å². The number of hydrogen-bond acceptors (Lipinski definition) is 5. The average molecular weight is 345 g/mol. The van der Waals surface area contributed by atoms with Gasteiger partial charge in [0.15, 0.2) is 0 Å². The minimum Gasteiger partial charge on any atom is -0.356 e. The van der Waals surface area contributed by atoms with Crippen molar-refractivity contribution < 1.29 is 13.2 Å². The molecule has 2 rings (SSSR count). The molecule has 1 aliphatic rings. The van der Waals surface area contributed by atoms with Crippen molar-refractivity contribution in [3.05, 3.63) is 17.0 Å². The second kappa shape index (κ2) is 7.08. The summed E-state index contributed by atoms with van der Waals surface area (Å²) in [5.74, 6) is -0.0807. The van der Waals surface area contributed by atoms with E-state index in [4.69, 9.17) is 5.73 Å². The van der Waals surface area contributed by atoms with Crippen molar-refractivity contribution in [3.8, 4) is 0 Å². The van der Waals surface area contributed by atoms with Gasteiger partial charge in [-0.25, -0.2) is 8.42 Å². The molecule has 1 aromatic rings. The first-order valence-corrected chi connectivity index (χ1v) is 9.67. The van der Waals surface area contributed by atoms with Crippen LogP contribution in [0.2, 0.25) is 0 Å². The van der Waals surface area contributed by atoms with Crippen LogP contribution in [-0.4, -0.2) is 43.8 Å². The molecule has 22 heavy (non-hydrogen) atoms. The molecule has 1 aromatic heterocycles. The van der Waals surface area contributed by atoms with E-state index in [1.54, 1.807) is 10.4 Å². The van der Waals surface area contributed by atoms with Gasteiger partial charge < -0.3 is 11.1 Å². The highest BCUT2D eigenvalue weighted by Gasteiger charge is 2.34. The first kappa shape index (κ1) is 17.4. The van der Waals surface area contributed by atoms with Crippen molar-refractivity contribution in [3.63, 3.8) is 0 Å². The summed E-state index contributed by atoms with van der Waals surface area (Å²) >= 11 is 1.28. The summed E-state index contributed by atoms with van der Waals surface area (Å²) < 4.78 is 27.4. The van der Waals surface area contributed by atoms with Crippen molar-refractivity contribution in [2.75, 3.05) is 13.1 Å². The topological polar surface area (TPSA) is 92.5 Å². The molecule has 0 saturated carbocycles. The number of hydrogen-bond donors (Lipinski definition) is 2. The molecule has 1 fully saturated rings. The molecular formula is C14H23N3O3S2. The number of amides is 1. The Morgan fingerprint density at radius 1 is 1.50 bits per heavy atom. The summed E-state index contributed by atoms with van der Waals surface area (Å²) in [6, 6.07) is 3.49. The Morgan fingerprint density at radius 2 is 2.23 bits per heavy atom. The van der Waals surface area contributed by atoms with E-state index in [9.17, 15) is 13.2 Å². The van der Waals surface area contributed by atoms with Crippen LogP contribution in [0.1, 0.15) is 31.6 Å². The van der Waals surface area contributed by atoms with Crippen molar-refractivity contribution in [1.29, 1.82) is 0 Å². The van der Waals surface area contributed by atoms with Crippen LogP contribution in [0.25, 0.3) is 0 Å². The van der Waals surface area contributed by atoms with E-state index in [2.05, 4.69) is 5.32 Å². The molecule has 8 heteroatoms. The lowest BCUT2D eigenvalue weighted by atomic mass is 10.0. The molecule has 0 aliphatic carbocycles. The molecule has 0 bridgehead atoms. The third kappa shape index (κ3) is 4.07. The quantitative estimate of drug-likeness (QED) is 0.830. The highest BCUT2D eigenvalue weighted by molar-refractivity contribution is 7.91. The fourth-order valence-electron chi connectivity index (χ4n) is 2.65. The summed E-state index contributed by atoms with van der Waals surface area (Å²) in [4.78, 5) is 11.8. The zero-order chi connectivity index (χ0) is 16.3. The number of rotatable bonds is 5. The largest absolute Gasteiger partial charge is 0.356 e. The van der Waals surface area contributed by atoms with Gasteiger partial charge in [0.2, 0.25) is 5.91 Å². The predicted molar refractivity (Wildman–Crippen MR) is 87.3 cm³/mol. The van der Waals surface area contributed by atoms with E-state index >= 15 is 0 Å². The number of thiophene rings is 1. The Bertz CT molecular complexity index is 627. The van der Waals surface area contributed by atoms with Crippen LogP contribution in [0, 0.1) is 0 Å². The Kier molecular flexibility index (Phi) is 5.60. The van der Waals surface area contributed by atoms with Crippen LogP contribution in [-0.2, 0) is 21.2 Å². The van der Waals surface area contributed by atoms with Crippen molar-refractivity contribution in [2.45, 2.75) is 49.4 Å². The Balaban J connectivity index is 2.06. The van der Waals surface area contributed by atoms with Crippen molar-refractivity contribution >= 4 is 27.3 Å². The smallest absolute Gasteiger partial charge is 0.252 e. The fraction of sp³-hybridized carbons (Fsp3) is 0.643. The van der Waals surface area contributed by atoms with Crippen molar-refractivity contribution in [2.24, 2.45) is 5.73 Å². The lowest BCUT2D eigenvalue weighted by molar-refractivity contribution is -0.118. The predicted octanol–water partition coefficient (Wildman–Crippen LogP) is 0.927. The summed E-state index contributed by atoms with van der Waals surface area (Å²) in [7, 11) is -3.45. The lowest BCUT2D eigenvalue weighted by Crippen LogP contribution is -2.48. The standard InChI is InChI=1S/C14H23N3O3S2/c1-10-9-12(15)6-8-17(10)22(19,20)14-4-3-13(21-14)5-7-16-11(2)18/h3-4,10,12H,5-9,15H2,1-2H3,(H,16,18). The summed E-state index contributed by atoms with van der Waals surface area (Å²) in [5.41, 5.74) is 5.90. The molecular weight excluding hydrogens is 322 g/mol. The number of piperidine rings is 1. The average Bonchev–Trinajstić information content (AvgIpc) is 2.87. The fourth-order valence-corrected chi connectivity index (χ4v) is 5.79.